The van der Waals surface area contributed by atoms with E-state index in [1.54, 1.807) is 6.20 Å². The summed E-state index contributed by atoms with van der Waals surface area (Å²) in [5.74, 6) is 0.491. The third-order valence-electron chi connectivity index (χ3n) is 3.72. The highest BCUT2D eigenvalue weighted by atomic mass is 79.9. The molecule has 2 atom stereocenters. The summed E-state index contributed by atoms with van der Waals surface area (Å²) in [6.07, 6.45) is 6.08. The van der Waals surface area contributed by atoms with Crippen LogP contribution in [0, 0.1) is 5.92 Å². The Morgan fingerprint density at radius 1 is 1.58 bits per heavy atom. The highest BCUT2D eigenvalue weighted by Gasteiger charge is 2.26. The molecule has 19 heavy (non-hydrogen) atoms. The van der Waals surface area contributed by atoms with Crippen LogP contribution in [-0.2, 0) is 6.54 Å². The molecule has 1 aromatic rings. The predicted octanol–water partition coefficient (Wildman–Crippen LogP) is 1.96. The lowest BCUT2D eigenvalue weighted by molar-refractivity contribution is 0.514. The number of aryl methyl sites for hydroxylation is 1. The van der Waals surface area contributed by atoms with E-state index in [0.29, 0.717) is 29.5 Å². The van der Waals surface area contributed by atoms with E-state index in [1.807, 2.05) is 6.92 Å². The second-order valence-corrected chi connectivity index (χ2v) is 5.87. The third-order valence-corrected chi connectivity index (χ3v) is 4.49. The van der Waals surface area contributed by atoms with E-state index in [4.69, 9.17) is 5.73 Å². The molecule has 0 aliphatic heterocycles. The van der Waals surface area contributed by atoms with Crippen molar-refractivity contribution in [3.8, 4) is 0 Å². The van der Waals surface area contributed by atoms with Gasteiger partial charge in [0.15, 0.2) is 0 Å². The van der Waals surface area contributed by atoms with Gasteiger partial charge in [-0.25, -0.2) is 4.68 Å². The minimum atomic E-state index is -0.0749. The summed E-state index contributed by atoms with van der Waals surface area (Å²) in [5.41, 5.74) is 6.48. The molecule has 6 heteroatoms. The van der Waals surface area contributed by atoms with Crippen LogP contribution >= 0.6 is 15.9 Å². The fraction of sp³-hybridized carbons (Fsp3) is 0.692. The van der Waals surface area contributed by atoms with E-state index >= 15 is 0 Å². The highest BCUT2D eigenvalue weighted by Crippen LogP contribution is 2.29. The number of aromatic nitrogens is 2. The zero-order valence-electron chi connectivity index (χ0n) is 11.2. The van der Waals surface area contributed by atoms with E-state index in [-0.39, 0.29) is 5.56 Å². The van der Waals surface area contributed by atoms with Crippen molar-refractivity contribution in [2.45, 2.75) is 45.2 Å². The normalized spacial score (nSPS) is 22.7. The number of anilines is 1. The largest absolute Gasteiger partial charge is 0.380 e. The Balaban J connectivity index is 2.17. The highest BCUT2D eigenvalue weighted by molar-refractivity contribution is 9.10. The number of nitrogens with one attached hydrogen (secondary N) is 1. The van der Waals surface area contributed by atoms with Gasteiger partial charge in [-0.2, -0.15) is 5.10 Å². The van der Waals surface area contributed by atoms with Crippen LogP contribution in [0.2, 0.25) is 0 Å². The number of rotatable bonds is 5. The molecule has 3 N–H and O–H groups in total. The Labute approximate surface area is 121 Å². The summed E-state index contributed by atoms with van der Waals surface area (Å²) in [4.78, 5) is 12.1. The van der Waals surface area contributed by atoms with Gasteiger partial charge in [-0.1, -0.05) is 13.3 Å². The molecule has 1 aliphatic rings. The molecule has 5 nitrogen and oxygen atoms in total. The summed E-state index contributed by atoms with van der Waals surface area (Å²) < 4.78 is 2.06. The van der Waals surface area contributed by atoms with Gasteiger partial charge in [0.1, 0.15) is 4.47 Å². The van der Waals surface area contributed by atoms with E-state index in [0.717, 1.165) is 24.9 Å². The van der Waals surface area contributed by atoms with Crippen LogP contribution in [0.5, 0.6) is 0 Å². The van der Waals surface area contributed by atoms with Crippen molar-refractivity contribution in [1.82, 2.24) is 9.78 Å². The fourth-order valence-electron chi connectivity index (χ4n) is 2.65. The molecule has 0 spiro atoms. The third kappa shape index (κ3) is 3.17. The van der Waals surface area contributed by atoms with Gasteiger partial charge in [0, 0.05) is 12.6 Å². The molecular weight excluding hydrogens is 308 g/mol. The second-order valence-electron chi connectivity index (χ2n) is 5.08. The van der Waals surface area contributed by atoms with Crippen molar-refractivity contribution < 1.29 is 0 Å². The average Bonchev–Trinajstić information content (AvgIpc) is 2.86. The van der Waals surface area contributed by atoms with Gasteiger partial charge < -0.3 is 11.1 Å². The summed E-state index contributed by atoms with van der Waals surface area (Å²) in [5, 5.41) is 7.62. The summed E-state index contributed by atoms with van der Waals surface area (Å²) in [6, 6.07) is 0.351. The van der Waals surface area contributed by atoms with E-state index < -0.39 is 0 Å². The maximum atomic E-state index is 12.1. The summed E-state index contributed by atoms with van der Waals surface area (Å²) >= 11 is 3.38. The first kappa shape index (κ1) is 14.5. The molecule has 1 heterocycles. The van der Waals surface area contributed by atoms with Gasteiger partial charge in [-0.3, -0.25) is 4.79 Å². The zero-order valence-corrected chi connectivity index (χ0v) is 12.8. The lowest BCUT2D eigenvalue weighted by Gasteiger charge is -2.21. The Bertz CT molecular complexity index is 488. The number of nitrogens with zero attached hydrogens (tertiary/aromatic N) is 2. The first-order chi connectivity index (χ1) is 9.17. The summed E-state index contributed by atoms with van der Waals surface area (Å²) in [6.45, 7) is 3.36. The molecule has 106 valence electrons. The van der Waals surface area contributed by atoms with Crippen LogP contribution in [0.4, 0.5) is 5.69 Å². The monoisotopic (exact) mass is 328 g/mol. The molecule has 0 amide bonds. The van der Waals surface area contributed by atoms with Crippen LogP contribution in [0.3, 0.4) is 0 Å². The molecule has 1 saturated carbocycles. The lowest BCUT2D eigenvalue weighted by atomic mass is 10.0. The lowest BCUT2D eigenvalue weighted by Crippen LogP contribution is -2.31. The Hall–Kier alpha value is -0.880. The van der Waals surface area contributed by atoms with Crippen molar-refractivity contribution in [2.75, 3.05) is 11.9 Å². The van der Waals surface area contributed by atoms with Crippen LogP contribution < -0.4 is 16.6 Å². The standard InChI is InChI=1S/C13H21BrN4O/c1-2-6-18-13(19)12(14)11(8-16-18)17-10-5-3-4-9(10)7-15/h8-10,17H,2-7,15H2,1H3. The van der Waals surface area contributed by atoms with Crippen LogP contribution in [-0.4, -0.2) is 22.4 Å². The van der Waals surface area contributed by atoms with Crippen molar-refractivity contribution in [3.05, 3.63) is 21.0 Å². The average molecular weight is 329 g/mol. The van der Waals surface area contributed by atoms with Crippen molar-refractivity contribution in [2.24, 2.45) is 11.7 Å². The Morgan fingerprint density at radius 2 is 2.37 bits per heavy atom. The molecule has 1 aromatic heterocycles. The molecule has 1 aliphatic carbocycles. The second kappa shape index (κ2) is 6.52. The van der Waals surface area contributed by atoms with Gasteiger partial charge in [0.05, 0.1) is 11.9 Å². The van der Waals surface area contributed by atoms with Gasteiger partial charge in [-0.05, 0) is 47.7 Å². The van der Waals surface area contributed by atoms with Gasteiger partial charge in [0.2, 0.25) is 0 Å². The quantitative estimate of drug-likeness (QED) is 0.866. The molecular formula is C13H21BrN4O. The number of hydrogen-bond acceptors (Lipinski definition) is 4. The first-order valence-corrected chi connectivity index (χ1v) is 7.68. The van der Waals surface area contributed by atoms with E-state index in [9.17, 15) is 4.79 Å². The Kier molecular flexibility index (Phi) is 4.99. The SMILES string of the molecule is CCCn1ncc(NC2CCCC2CN)c(Br)c1=O. The van der Waals surface area contributed by atoms with Gasteiger partial charge in [0.25, 0.3) is 5.56 Å². The number of hydrogen-bond donors (Lipinski definition) is 2. The minimum absolute atomic E-state index is 0.0749. The molecule has 0 radical (unpaired) electrons. The fourth-order valence-corrected chi connectivity index (χ4v) is 3.07. The molecule has 0 aromatic carbocycles. The van der Waals surface area contributed by atoms with Crippen molar-refractivity contribution >= 4 is 21.6 Å². The Morgan fingerprint density at radius 3 is 3.05 bits per heavy atom. The van der Waals surface area contributed by atoms with E-state index in [2.05, 4.69) is 26.3 Å². The smallest absolute Gasteiger partial charge is 0.283 e. The molecule has 2 rings (SSSR count). The maximum Gasteiger partial charge on any atom is 0.283 e. The van der Waals surface area contributed by atoms with Crippen molar-refractivity contribution in [3.63, 3.8) is 0 Å². The minimum Gasteiger partial charge on any atom is -0.380 e. The molecule has 1 fully saturated rings. The molecule has 0 saturated heterocycles. The topological polar surface area (TPSA) is 72.9 Å². The van der Waals surface area contributed by atoms with Gasteiger partial charge >= 0.3 is 0 Å². The van der Waals surface area contributed by atoms with Crippen molar-refractivity contribution in [1.29, 1.82) is 0 Å². The maximum absolute atomic E-state index is 12.1. The number of nitrogens with two attached hydrogens (primary N) is 1. The van der Waals surface area contributed by atoms with Crippen LogP contribution in [0.15, 0.2) is 15.5 Å². The zero-order chi connectivity index (χ0) is 13.8. The van der Waals surface area contributed by atoms with Crippen LogP contribution in [0.25, 0.3) is 0 Å². The summed E-state index contributed by atoms with van der Waals surface area (Å²) in [7, 11) is 0. The number of halogens is 1. The van der Waals surface area contributed by atoms with Crippen LogP contribution in [0.1, 0.15) is 32.6 Å². The molecule has 0 bridgehead atoms. The molecule has 2 unspecified atom stereocenters. The van der Waals surface area contributed by atoms with Gasteiger partial charge in [-0.15, -0.1) is 0 Å². The predicted molar refractivity (Wildman–Crippen MR) is 80.3 cm³/mol. The van der Waals surface area contributed by atoms with E-state index in [1.165, 1.54) is 11.1 Å². The first-order valence-electron chi connectivity index (χ1n) is 6.89.